The standard InChI is InChI=1S/2C22H28FN3O6S.C5H6N2.Ca/c2*1-13(2)20-18(10-9-16(27)11-17(28)12-19(29)30)21(14-5-7-15(23)8-6-14)25-22(24-20)26(3)33(4,31)32;6-5-3-1-2-4-7-5;/h2*5-10,13,16-17,27-28H,11-12H2,1-4H3,(H,29,30);1-4H,(H2,6,7);/q;;;+2/p-2/t2*16-,17-;;/m11../s1. The number of carbonyl (C=O) groups excluding carboxylic acids is 2. The molecule has 20 nitrogen and oxygen atoms in total. The van der Waals surface area contributed by atoms with Gasteiger partial charge < -0.3 is 46.0 Å². The number of aliphatic hydroxyl groups is 4. The van der Waals surface area contributed by atoms with Crippen LogP contribution in [0.3, 0.4) is 0 Å². The van der Waals surface area contributed by atoms with Crippen LogP contribution in [0.1, 0.15) is 87.7 Å². The Bertz CT molecular complexity index is 2740. The van der Waals surface area contributed by atoms with E-state index in [4.69, 9.17) is 5.73 Å². The number of nitrogens with two attached hydrogens (primary N) is 1. The SMILES string of the molecule is CC(C)c1nc(N(C)S(C)(=O)=O)nc(-c2ccc(F)cc2)c1C=C[C@@H](O)C[C@@H](O)CC(=O)[O-].CC(C)c1nc(N(C)S(C)(=O)=O)nc(-c2ccc(F)cc2)c1C=C[C@@H](O)C[C@@H](O)CC(=O)[O-].Nc1ccccn1.[Ca+2]. The van der Waals surface area contributed by atoms with Gasteiger partial charge in [-0.3, -0.25) is 0 Å². The Morgan fingerprint density at radius 1 is 0.635 bits per heavy atom. The van der Waals surface area contributed by atoms with Crippen LogP contribution < -0.4 is 24.6 Å². The van der Waals surface area contributed by atoms with Gasteiger partial charge in [0.05, 0.1) is 59.7 Å². The number of halogens is 2. The summed E-state index contributed by atoms with van der Waals surface area (Å²) in [4.78, 5) is 42.6. The van der Waals surface area contributed by atoms with E-state index >= 15 is 0 Å². The number of benzene rings is 2. The molecule has 74 heavy (non-hydrogen) atoms. The molecule has 0 aliphatic carbocycles. The molecule has 0 bridgehead atoms. The van der Waals surface area contributed by atoms with Crippen LogP contribution in [-0.2, 0) is 29.6 Å². The summed E-state index contributed by atoms with van der Waals surface area (Å²) < 4.78 is 77.1. The summed E-state index contributed by atoms with van der Waals surface area (Å²) >= 11 is 0. The van der Waals surface area contributed by atoms with E-state index in [-0.39, 0.29) is 74.3 Å². The second-order valence-corrected chi connectivity index (χ2v) is 21.2. The number of carboxylic acid groups (broad SMARTS) is 2. The van der Waals surface area contributed by atoms with Crippen molar-refractivity contribution in [3.63, 3.8) is 0 Å². The fourth-order valence-corrected chi connectivity index (χ4v) is 7.20. The van der Waals surface area contributed by atoms with Crippen molar-refractivity contribution in [1.82, 2.24) is 24.9 Å². The second-order valence-electron chi connectivity index (χ2n) is 17.2. The number of carbonyl (C=O) groups is 2. The van der Waals surface area contributed by atoms with Crippen LogP contribution in [0.2, 0.25) is 0 Å². The van der Waals surface area contributed by atoms with Crippen LogP contribution in [0.15, 0.2) is 85.1 Å². The first-order valence-corrected chi connectivity index (χ1v) is 26.1. The minimum atomic E-state index is -3.66. The molecule has 0 spiro atoms. The second kappa shape index (κ2) is 29.5. The molecule has 5 rings (SSSR count). The minimum absolute atomic E-state index is 0. The summed E-state index contributed by atoms with van der Waals surface area (Å²) in [5.41, 5.74) is 8.77. The van der Waals surface area contributed by atoms with Crippen LogP contribution in [0.4, 0.5) is 26.5 Å². The molecule has 0 fully saturated rings. The average molecular weight is 1100 g/mol. The Morgan fingerprint density at radius 2 is 0.986 bits per heavy atom. The Hall–Kier alpha value is -5.57. The number of nitrogens with zero attached hydrogens (tertiary/aromatic N) is 7. The molecular formula is C49H60CaF2N8O12S2. The monoisotopic (exact) mass is 1090 g/mol. The Kier molecular flexibility index (Phi) is 25.7. The van der Waals surface area contributed by atoms with Gasteiger partial charge >= 0.3 is 37.7 Å². The van der Waals surface area contributed by atoms with E-state index in [1.165, 1.54) is 86.9 Å². The number of carboxylic acids is 2. The van der Waals surface area contributed by atoms with Crippen molar-refractivity contribution >= 4 is 99.6 Å². The zero-order valence-electron chi connectivity index (χ0n) is 42.1. The summed E-state index contributed by atoms with van der Waals surface area (Å²) in [6.45, 7) is 7.38. The van der Waals surface area contributed by atoms with Crippen molar-refractivity contribution in [2.75, 3.05) is 41.0 Å². The zero-order valence-corrected chi connectivity index (χ0v) is 45.9. The maximum Gasteiger partial charge on any atom is 2.00 e. The average Bonchev–Trinajstić information content (AvgIpc) is 3.29. The fourth-order valence-electron chi connectivity index (χ4n) is 6.45. The molecule has 396 valence electrons. The summed E-state index contributed by atoms with van der Waals surface area (Å²) in [6.07, 6.45) is 2.82. The topological polar surface area (TPSA) is 326 Å². The van der Waals surface area contributed by atoms with Crippen molar-refractivity contribution in [3.8, 4) is 22.5 Å². The van der Waals surface area contributed by atoms with E-state index in [1.54, 1.807) is 12.3 Å². The van der Waals surface area contributed by atoms with Crippen LogP contribution >= 0.6 is 0 Å². The smallest absolute Gasteiger partial charge is 0.550 e. The third-order valence-electron chi connectivity index (χ3n) is 10.3. The first-order chi connectivity index (χ1) is 34.0. The predicted molar refractivity (Wildman–Crippen MR) is 275 cm³/mol. The summed E-state index contributed by atoms with van der Waals surface area (Å²) in [5.74, 6) is -3.71. The fraction of sp³-hybridized carbons (Fsp3) is 0.367. The third-order valence-corrected chi connectivity index (χ3v) is 12.6. The van der Waals surface area contributed by atoms with Gasteiger partial charge in [0.2, 0.25) is 31.9 Å². The number of hydrogen-bond donors (Lipinski definition) is 5. The molecule has 0 unspecified atom stereocenters. The largest absolute Gasteiger partial charge is 2.00 e. The molecular weight excluding hydrogens is 1030 g/mol. The minimum Gasteiger partial charge on any atom is -0.550 e. The van der Waals surface area contributed by atoms with Gasteiger partial charge in [0.1, 0.15) is 17.5 Å². The number of pyridine rings is 1. The van der Waals surface area contributed by atoms with Gasteiger partial charge in [-0.2, -0.15) is 0 Å². The van der Waals surface area contributed by atoms with Gasteiger partial charge in [-0.05, 0) is 72.5 Å². The number of aromatic nitrogens is 5. The van der Waals surface area contributed by atoms with E-state index < -0.39 is 80.9 Å². The molecule has 0 aliphatic rings. The van der Waals surface area contributed by atoms with E-state index in [9.17, 15) is 65.8 Å². The number of anilines is 3. The molecule has 0 saturated carbocycles. The summed E-state index contributed by atoms with van der Waals surface area (Å²) in [7, 11) is -4.67. The number of aliphatic hydroxyl groups excluding tert-OH is 4. The molecule has 25 heteroatoms. The number of sulfonamides is 2. The normalized spacial score (nSPS) is 13.2. The Morgan fingerprint density at radius 3 is 1.24 bits per heavy atom. The van der Waals surface area contributed by atoms with Gasteiger partial charge in [0, 0.05) is 80.2 Å². The van der Waals surface area contributed by atoms with E-state index in [2.05, 4.69) is 24.9 Å². The summed E-state index contributed by atoms with van der Waals surface area (Å²) in [6, 6.07) is 16.4. The molecule has 0 radical (unpaired) electrons. The van der Waals surface area contributed by atoms with Crippen LogP contribution in [0, 0.1) is 11.6 Å². The number of nitrogen functional groups attached to an aromatic ring is 1. The van der Waals surface area contributed by atoms with Gasteiger partial charge in [-0.15, -0.1) is 0 Å². The van der Waals surface area contributed by atoms with Crippen molar-refractivity contribution in [2.24, 2.45) is 0 Å². The third kappa shape index (κ3) is 21.0. The van der Waals surface area contributed by atoms with E-state index in [0.717, 1.165) is 21.1 Å². The van der Waals surface area contributed by atoms with Crippen LogP contribution in [-0.4, -0.2) is 163 Å². The number of aliphatic carboxylic acids is 2. The van der Waals surface area contributed by atoms with Gasteiger partial charge in [0.25, 0.3) is 0 Å². The molecule has 4 atom stereocenters. The van der Waals surface area contributed by atoms with E-state index in [0.29, 0.717) is 50.8 Å². The van der Waals surface area contributed by atoms with Gasteiger partial charge in [0.15, 0.2) is 0 Å². The van der Waals surface area contributed by atoms with Crippen molar-refractivity contribution in [3.05, 3.63) is 119 Å². The molecule has 0 aliphatic heterocycles. The van der Waals surface area contributed by atoms with Crippen molar-refractivity contribution < 1.29 is 65.8 Å². The van der Waals surface area contributed by atoms with Crippen molar-refractivity contribution in [2.45, 2.75) is 89.6 Å². The van der Waals surface area contributed by atoms with Crippen LogP contribution in [0.5, 0.6) is 0 Å². The first kappa shape index (κ1) is 64.5. The molecule has 3 aromatic heterocycles. The van der Waals surface area contributed by atoms with Gasteiger partial charge in [-0.1, -0.05) is 58.1 Å². The van der Waals surface area contributed by atoms with E-state index in [1.807, 2.05) is 39.8 Å². The molecule has 3 heterocycles. The first-order valence-electron chi connectivity index (χ1n) is 22.4. The molecule has 2 aromatic carbocycles. The maximum atomic E-state index is 13.5. The molecule has 6 N–H and O–H groups in total. The van der Waals surface area contributed by atoms with Crippen molar-refractivity contribution in [1.29, 1.82) is 0 Å². The van der Waals surface area contributed by atoms with Gasteiger partial charge in [-0.25, -0.2) is 59.1 Å². The predicted octanol–water partition coefficient (Wildman–Crippen LogP) is 2.42. The maximum absolute atomic E-state index is 13.5. The molecule has 0 saturated heterocycles. The zero-order chi connectivity index (χ0) is 55.0. The molecule has 5 aromatic rings. The molecule has 0 amide bonds. The Balaban J connectivity index is 0.000000441. The number of hydrogen-bond acceptors (Lipinski definition) is 18. The van der Waals surface area contributed by atoms with Crippen LogP contribution in [0.25, 0.3) is 34.7 Å². The quantitative estimate of drug-likeness (QED) is 0.0699. The summed E-state index contributed by atoms with van der Waals surface area (Å²) in [5, 5.41) is 61.1. The number of rotatable bonds is 20. The Labute approximate surface area is 459 Å².